The van der Waals surface area contributed by atoms with E-state index in [2.05, 4.69) is 5.32 Å². The summed E-state index contributed by atoms with van der Waals surface area (Å²) in [7, 11) is 0. The van der Waals surface area contributed by atoms with Crippen molar-refractivity contribution in [3.63, 3.8) is 0 Å². The number of rotatable bonds is 6. The van der Waals surface area contributed by atoms with Crippen molar-refractivity contribution in [3.8, 4) is 11.5 Å². The molecule has 0 radical (unpaired) electrons. The second-order valence-electron chi connectivity index (χ2n) is 7.77. The lowest BCUT2D eigenvalue weighted by molar-refractivity contribution is -0.385. The summed E-state index contributed by atoms with van der Waals surface area (Å²) in [6.45, 7) is 4.22. The van der Waals surface area contributed by atoms with Gasteiger partial charge in [0.2, 0.25) is 6.10 Å². The Labute approximate surface area is 195 Å². The van der Waals surface area contributed by atoms with Crippen LogP contribution in [0.2, 0.25) is 0 Å². The zero-order chi connectivity index (χ0) is 24.2. The molecule has 0 spiro atoms. The first-order chi connectivity index (χ1) is 16.3. The third-order valence-corrected chi connectivity index (χ3v) is 5.29. The average molecular weight is 462 g/mol. The van der Waals surface area contributed by atoms with Crippen LogP contribution in [0.5, 0.6) is 11.5 Å². The monoisotopic (exact) mass is 462 g/mol. The van der Waals surface area contributed by atoms with E-state index in [0.717, 1.165) is 17.2 Å². The predicted octanol–water partition coefficient (Wildman–Crippen LogP) is 4.52. The van der Waals surface area contributed by atoms with Gasteiger partial charge < -0.3 is 19.5 Å². The minimum Gasteiger partial charge on any atom is -0.486 e. The van der Waals surface area contributed by atoms with E-state index in [9.17, 15) is 19.7 Å². The van der Waals surface area contributed by atoms with Gasteiger partial charge >= 0.3 is 5.97 Å². The number of ether oxygens (including phenoxy) is 3. The first-order valence-corrected chi connectivity index (χ1v) is 10.6. The zero-order valence-corrected chi connectivity index (χ0v) is 18.6. The summed E-state index contributed by atoms with van der Waals surface area (Å²) in [6.07, 6.45) is -1.35. The fraction of sp³-hybridized carbons (Fsp3) is 0.200. The largest absolute Gasteiger partial charge is 0.486 e. The van der Waals surface area contributed by atoms with Gasteiger partial charge in [-0.25, -0.2) is 4.79 Å². The van der Waals surface area contributed by atoms with Crippen molar-refractivity contribution in [2.75, 3.05) is 18.5 Å². The molecule has 9 nitrogen and oxygen atoms in total. The Morgan fingerprint density at radius 2 is 1.68 bits per heavy atom. The van der Waals surface area contributed by atoms with E-state index in [1.165, 1.54) is 6.07 Å². The van der Waals surface area contributed by atoms with Crippen LogP contribution < -0.4 is 14.8 Å². The third kappa shape index (κ3) is 4.83. The summed E-state index contributed by atoms with van der Waals surface area (Å²) in [4.78, 5) is 37.3. The topological polar surface area (TPSA) is 117 Å². The first-order valence-electron chi connectivity index (χ1n) is 10.6. The number of carbonyl (C=O) groups is 2. The number of benzene rings is 3. The molecule has 0 saturated carbocycles. The molecule has 34 heavy (non-hydrogen) atoms. The Bertz CT molecular complexity index is 1260. The van der Waals surface area contributed by atoms with E-state index < -0.39 is 28.6 Å². The average Bonchev–Trinajstić information content (AvgIpc) is 2.84. The maximum atomic E-state index is 13.2. The minimum absolute atomic E-state index is 0.168. The highest BCUT2D eigenvalue weighted by Gasteiger charge is 2.32. The highest BCUT2D eigenvalue weighted by molar-refractivity contribution is 6.00. The molecule has 1 atom stereocenters. The van der Waals surface area contributed by atoms with Gasteiger partial charge in [0.05, 0.1) is 11.0 Å². The van der Waals surface area contributed by atoms with Gasteiger partial charge in [-0.05, 0) is 31.0 Å². The number of anilines is 1. The van der Waals surface area contributed by atoms with Crippen LogP contribution in [0.15, 0.2) is 60.7 Å². The van der Waals surface area contributed by atoms with Crippen molar-refractivity contribution in [2.24, 2.45) is 0 Å². The van der Waals surface area contributed by atoms with E-state index in [4.69, 9.17) is 14.2 Å². The minimum atomic E-state index is -1.35. The smallest absolute Gasteiger partial charge is 0.346 e. The summed E-state index contributed by atoms with van der Waals surface area (Å²) >= 11 is 0. The summed E-state index contributed by atoms with van der Waals surface area (Å²) in [5.74, 6) is -1.26. The third-order valence-electron chi connectivity index (χ3n) is 5.29. The van der Waals surface area contributed by atoms with Gasteiger partial charge in [-0.2, -0.15) is 0 Å². The molecule has 1 aliphatic heterocycles. The molecule has 4 rings (SSSR count). The van der Waals surface area contributed by atoms with E-state index in [1.54, 1.807) is 30.3 Å². The molecule has 9 heteroatoms. The van der Waals surface area contributed by atoms with Crippen molar-refractivity contribution in [1.82, 2.24) is 0 Å². The molecule has 1 N–H and O–H groups in total. The van der Waals surface area contributed by atoms with Crippen LogP contribution in [0.25, 0.3) is 0 Å². The Morgan fingerprint density at radius 3 is 2.35 bits per heavy atom. The Hall–Kier alpha value is -4.40. The molecule has 1 amide bonds. The van der Waals surface area contributed by atoms with Crippen LogP contribution >= 0.6 is 0 Å². The summed E-state index contributed by atoms with van der Waals surface area (Å²) in [5, 5.41) is 14.4. The van der Waals surface area contributed by atoms with Gasteiger partial charge in [-0.1, -0.05) is 42.5 Å². The highest BCUT2D eigenvalue weighted by Crippen LogP contribution is 2.37. The number of amides is 1. The van der Waals surface area contributed by atoms with Gasteiger partial charge in [0.25, 0.3) is 11.6 Å². The molecule has 1 aliphatic rings. The highest BCUT2D eigenvalue weighted by atomic mass is 16.6. The van der Waals surface area contributed by atoms with Gasteiger partial charge in [0, 0.05) is 17.3 Å². The normalized spacial score (nSPS) is 13.0. The Kier molecular flexibility index (Phi) is 6.44. The Morgan fingerprint density at radius 1 is 1.00 bits per heavy atom. The molecular formula is C25H22N2O7. The quantitative estimate of drug-likeness (QED) is 0.325. The molecule has 174 valence electrons. The maximum absolute atomic E-state index is 13.2. The number of aryl methyl sites for hydroxylation is 2. The van der Waals surface area contributed by atoms with Crippen LogP contribution in [-0.2, 0) is 9.53 Å². The van der Waals surface area contributed by atoms with Crippen LogP contribution in [0.3, 0.4) is 0 Å². The number of hydrogen-bond acceptors (Lipinski definition) is 7. The molecule has 1 unspecified atom stereocenters. The van der Waals surface area contributed by atoms with E-state index in [-0.39, 0.29) is 30.3 Å². The second kappa shape index (κ2) is 9.62. The fourth-order valence-corrected chi connectivity index (χ4v) is 3.53. The van der Waals surface area contributed by atoms with Crippen molar-refractivity contribution >= 4 is 23.3 Å². The number of nitro benzene ring substituents is 1. The van der Waals surface area contributed by atoms with E-state index in [0.29, 0.717) is 11.3 Å². The SMILES string of the molecule is Cc1ccc(C)c(NC(=O)C(OC(=O)c2cc3c(cc2[N+](=O)[O-])OCCO3)c2ccccc2)c1. The second-order valence-corrected chi connectivity index (χ2v) is 7.77. The lowest BCUT2D eigenvalue weighted by Crippen LogP contribution is -2.26. The van der Waals surface area contributed by atoms with E-state index in [1.807, 2.05) is 32.0 Å². The van der Waals surface area contributed by atoms with Crippen molar-refractivity contribution in [1.29, 1.82) is 0 Å². The molecule has 3 aromatic rings. The lowest BCUT2D eigenvalue weighted by Gasteiger charge is -2.21. The Balaban J connectivity index is 1.67. The van der Waals surface area contributed by atoms with Gasteiger partial charge in [-0.3, -0.25) is 14.9 Å². The van der Waals surface area contributed by atoms with E-state index >= 15 is 0 Å². The zero-order valence-electron chi connectivity index (χ0n) is 18.6. The first kappa shape index (κ1) is 22.8. The molecule has 1 heterocycles. The number of nitrogens with zero attached hydrogens (tertiary/aromatic N) is 1. The lowest BCUT2D eigenvalue weighted by atomic mass is 10.1. The van der Waals surface area contributed by atoms with Crippen molar-refractivity contribution in [3.05, 3.63) is 93.0 Å². The molecule has 3 aromatic carbocycles. The number of nitro groups is 1. The summed E-state index contributed by atoms with van der Waals surface area (Å²) in [6, 6.07) is 16.4. The number of fused-ring (bicyclic) bond motifs is 1. The fourth-order valence-electron chi connectivity index (χ4n) is 3.53. The van der Waals surface area contributed by atoms with Gasteiger partial charge in [0.1, 0.15) is 18.8 Å². The number of carbonyl (C=O) groups excluding carboxylic acids is 2. The van der Waals surface area contributed by atoms with Crippen LogP contribution in [0.4, 0.5) is 11.4 Å². The van der Waals surface area contributed by atoms with Crippen molar-refractivity contribution < 1.29 is 28.7 Å². The molecule has 0 bridgehead atoms. The summed E-state index contributed by atoms with van der Waals surface area (Å²) < 4.78 is 16.4. The van der Waals surface area contributed by atoms with Gasteiger partial charge in [0.15, 0.2) is 11.5 Å². The standard InChI is InChI=1S/C25H22N2O7/c1-15-8-9-16(2)19(12-15)26-24(28)23(17-6-4-3-5-7-17)34-25(29)18-13-21-22(33-11-10-32-21)14-20(18)27(30)31/h3-9,12-14,23H,10-11H2,1-2H3,(H,26,28). The molecule has 0 aliphatic carbocycles. The number of nitrogens with one attached hydrogen (secondary N) is 1. The maximum Gasteiger partial charge on any atom is 0.346 e. The predicted molar refractivity (Wildman–Crippen MR) is 123 cm³/mol. The van der Waals surface area contributed by atoms with Gasteiger partial charge in [-0.15, -0.1) is 0 Å². The molecule has 0 saturated heterocycles. The van der Waals surface area contributed by atoms with Crippen LogP contribution in [0.1, 0.15) is 33.2 Å². The van der Waals surface area contributed by atoms with Crippen molar-refractivity contribution in [2.45, 2.75) is 20.0 Å². The molecule has 0 aromatic heterocycles. The number of hydrogen-bond donors (Lipinski definition) is 1. The molecule has 0 fully saturated rings. The van der Waals surface area contributed by atoms with Crippen LogP contribution in [-0.4, -0.2) is 30.0 Å². The summed E-state index contributed by atoms with van der Waals surface area (Å²) in [5.41, 5.74) is 1.93. The number of esters is 1. The molecular weight excluding hydrogens is 440 g/mol. The van der Waals surface area contributed by atoms with Crippen LogP contribution in [0, 0.1) is 24.0 Å².